The molecule has 0 rings (SSSR count). The molecule has 1 unspecified atom stereocenters. The van der Waals surface area contributed by atoms with E-state index in [1.807, 2.05) is 6.92 Å². The molecule has 13 heavy (non-hydrogen) atoms. The van der Waals surface area contributed by atoms with E-state index in [-0.39, 0.29) is 0 Å². The Labute approximate surface area is 80.4 Å². The number of rotatable bonds is 8. The van der Waals surface area contributed by atoms with Crippen LogP contribution in [-0.4, -0.2) is 31.0 Å². The molecule has 1 atom stereocenters. The molecule has 1 N–H and O–H groups in total. The van der Waals surface area contributed by atoms with E-state index in [9.17, 15) is 5.11 Å². The molecule has 0 aliphatic carbocycles. The molecule has 0 aliphatic rings. The number of aliphatic hydroxyl groups excluding tert-OH is 1. The monoisotopic (exact) mass is 188 g/mol. The van der Waals surface area contributed by atoms with E-state index in [0.29, 0.717) is 13.2 Å². The molecule has 0 bridgehead atoms. The molecule has 0 aromatic heterocycles. The predicted molar refractivity (Wildman–Crippen MR) is 52.5 cm³/mol. The van der Waals surface area contributed by atoms with Crippen LogP contribution in [0.4, 0.5) is 0 Å². The Morgan fingerprint density at radius 2 is 2.15 bits per heavy atom. The van der Waals surface area contributed by atoms with Crippen molar-refractivity contribution in [1.82, 2.24) is 0 Å². The zero-order chi connectivity index (χ0) is 9.94. The first-order chi connectivity index (χ1) is 6.31. The van der Waals surface area contributed by atoms with E-state index in [2.05, 4.69) is 6.92 Å². The van der Waals surface area contributed by atoms with Crippen LogP contribution in [0.2, 0.25) is 0 Å². The Balaban J connectivity index is 3.14. The van der Waals surface area contributed by atoms with E-state index >= 15 is 0 Å². The normalized spacial score (nSPS) is 13.5. The van der Waals surface area contributed by atoms with Crippen molar-refractivity contribution in [1.29, 1.82) is 0 Å². The van der Waals surface area contributed by atoms with Gasteiger partial charge in [-0.05, 0) is 13.3 Å². The van der Waals surface area contributed by atoms with Crippen LogP contribution in [-0.2, 0) is 9.47 Å². The van der Waals surface area contributed by atoms with Gasteiger partial charge in [0.15, 0.2) is 0 Å². The van der Waals surface area contributed by atoms with Crippen molar-refractivity contribution in [2.24, 2.45) is 0 Å². The first-order valence-corrected chi connectivity index (χ1v) is 4.79. The first kappa shape index (κ1) is 12.5. The van der Waals surface area contributed by atoms with E-state index < -0.39 is 6.10 Å². The zero-order valence-corrected chi connectivity index (χ0v) is 8.53. The third kappa shape index (κ3) is 9.37. The van der Waals surface area contributed by atoms with Crippen LogP contribution in [0.25, 0.3) is 0 Å². The lowest BCUT2D eigenvalue weighted by Crippen LogP contribution is -2.20. The number of hydrogen-bond donors (Lipinski definition) is 1. The SMILES string of the molecule is C/C=C/OCC(O)COCCCC. The third-order valence-corrected chi connectivity index (χ3v) is 1.47. The summed E-state index contributed by atoms with van der Waals surface area (Å²) in [5.74, 6) is 0. The van der Waals surface area contributed by atoms with Gasteiger partial charge in [0.2, 0.25) is 0 Å². The smallest absolute Gasteiger partial charge is 0.115 e. The highest BCUT2D eigenvalue weighted by Crippen LogP contribution is 1.92. The van der Waals surface area contributed by atoms with Gasteiger partial charge in [0.1, 0.15) is 12.7 Å². The second-order valence-corrected chi connectivity index (χ2v) is 2.89. The van der Waals surface area contributed by atoms with Gasteiger partial charge in [-0.2, -0.15) is 0 Å². The van der Waals surface area contributed by atoms with Crippen molar-refractivity contribution in [2.75, 3.05) is 19.8 Å². The molecule has 0 fully saturated rings. The van der Waals surface area contributed by atoms with Gasteiger partial charge in [0.25, 0.3) is 0 Å². The van der Waals surface area contributed by atoms with Crippen molar-refractivity contribution in [2.45, 2.75) is 32.8 Å². The zero-order valence-electron chi connectivity index (χ0n) is 8.53. The number of aliphatic hydroxyl groups is 1. The fourth-order valence-electron chi connectivity index (χ4n) is 0.777. The molecule has 0 aromatic carbocycles. The molecule has 0 spiro atoms. The molecule has 0 heterocycles. The van der Waals surface area contributed by atoms with Crippen LogP contribution in [0.1, 0.15) is 26.7 Å². The van der Waals surface area contributed by atoms with Gasteiger partial charge in [-0.1, -0.05) is 19.4 Å². The Morgan fingerprint density at radius 3 is 2.77 bits per heavy atom. The molecular formula is C10H20O3. The maximum Gasteiger partial charge on any atom is 0.115 e. The van der Waals surface area contributed by atoms with Crippen LogP contribution >= 0.6 is 0 Å². The van der Waals surface area contributed by atoms with Gasteiger partial charge >= 0.3 is 0 Å². The summed E-state index contributed by atoms with van der Waals surface area (Å²) in [5.41, 5.74) is 0. The van der Waals surface area contributed by atoms with E-state index in [0.717, 1.165) is 19.4 Å². The molecule has 0 saturated heterocycles. The molecule has 0 amide bonds. The predicted octanol–water partition coefficient (Wildman–Crippen LogP) is 1.71. The molecule has 0 saturated carbocycles. The Kier molecular flexibility index (Phi) is 9.15. The lowest BCUT2D eigenvalue weighted by atomic mass is 10.3. The molecule has 3 heteroatoms. The van der Waals surface area contributed by atoms with Crippen molar-refractivity contribution in [3.63, 3.8) is 0 Å². The van der Waals surface area contributed by atoms with Gasteiger partial charge in [-0.3, -0.25) is 0 Å². The minimum atomic E-state index is -0.520. The summed E-state index contributed by atoms with van der Waals surface area (Å²) in [6.45, 7) is 5.35. The highest BCUT2D eigenvalue weighted by molar-refractivity contribution is 4.66. The molecular weight excluding hydrogens is 168 g/mol. The van der Waals surface area contributed by atoms with Crippen molar-refractivity contribution in [3.8, 4) is 0 Å². The third-order valence-electron chi connectivity index (χ3n) is 1.47. The van der Waals surface area contributed by atoms with Crippen molar-refractivity contribution in [3.05, 3.63) is 12.3 Å². The fourth-order valence-corrected chi connectivity index (χ4v) is 0.777. The van der Waals surface area contributed by atoms with E-state index in [1.54, 1.807) is 12.3 Å². The number of unbranched alkanes of at least 4 members (excludes halogenated alkanes) is 1. The molecule has 0 radical (unpaired) electrons. The minimum Gasteiger partial charge on any atom is -0.499 e. The summed E-state index contributed by atoms with van der Waals surface area (Å²) in [6, 6.07) is 0. The van der Waals surface area contributed by atoms with Crippen molar-refractivity contribution >= 4 is 0 Å². The standard InChI is InChI=1S/C10H20O3/c1-3-5-7-13-9-10(11)8-12-6-4-2/h4,6,10-11H,3,5,7-9H2,1-2H3/b6-4+. The average Bonchev–Trinajstić information content (AvgIpc) is 2.13. The molecule has 0 aliphatic heterocycles. The Hall–Kier alpha value is -0.540. The van der Waals surface area contributed by atoms with Gasteiger partial charge < -0.3 is 14.6 Å². The molecule has 3 nitrogen and oxygen atoms in total. The summed E-state index contributed by atoms with van der Waals surface area (Å²) in [6.07, 6.45) is 4.99. The van der Waals surface area contributed by atoms with Crippen LogP contribution in [0.3, 0.4) is 0 Å². The van der Waals surface area contributed by atoms with Crippen molar-refractivity contribution < 1.29 is 14.6 Å². The number of hydrogen-bond acceptors (Lipinski definition) is 3. The average molecular weight is 188 g/mol. The maximum absolute atomic E-state index is 9.29. The molecule has 78 valence electrons. The summed E-state index contributed by atoms with van der Waals surface area (Å²) in [5, 5.41) is 9.29. The highest BCUT2D eigenvalue weighted by atomic mass is 16.5. The second-order valence-electron chi connectivity index (χ2n) is 2.89. The second kappa shape index (κ2) is 9.55. The van der Waals surface area contributed by atoms with E-state index in [4.69, 9.17) is 9.47 Å². The van der Waals surface area contributed by atoms with Gasteiger partial charge in [0, 0.05) is 6.61 Å². The Morgan fingerprint density at radius 1 is 1.38 bits per heavy atom. The van der Waals surface area contributed by atoms with Crippen LogP contribution in [0.5, 0.6) is 0 Å². The van der Waals surface area contributed by atoms with E-state index in [1.165, 1.54) is 0 Å². The Bertz CT molecular complexity index is 123. The number of ether oxygens (including phenoxy) is 2. The maximum atomic E-state index is 9.29. The fraction of sp³-hybridized carbons (Fsp3) is 0.800. The lowest BCUT2D eigenvalue weighted by molar-refractivity contribution is 0.00170. The summed E-state index contributed by atoms with van der Waals surface area (Å²) in [7, 11) is 0. The van der Waals surface area contributed by atoms with Gasteiger partial charge in [-0.25, -0.2) is 0 Å². The first-order valence-electron chi connectivity index (χ1n) is 4.79. The van der Waals surface area contributed by atoms with Crippen LogP contribution in [0.15, 0.2) is 12.3 Å². The minimum absolute atomic E-state index is 0.302. The van der Waals surface area contributed by atoms with Gasteiger partial charge in [-0.15, -0.1) is 0 Å². The number of allylic oxidation sites excluding steroid dienone is 1. The summed E-state index contributed by atoms with van der Waals surface area (Å²) in [4.78, 5) is 0. The lowest BCUT2D eigenvalue weighted by Gasteiger charge is -2.10. The molecule has 0 aromatic rings. The highest BCUT2D eigenvalue weighted by Gasteiger charge is 2.02. The topological polar surface area (TPSA) is 38.7 Å². The van der Waals surface area contributed by atoms with Crippen LogP contribution in [0, 0.1) is 0 Å². The quantitative estimate of drug-likeness (QED) is 0.465. The van der Waals surface area contributed by atoms with Crippen LogP contribution < -0.4 is 0 Å². The summed E-state index contributed by atoms with van der Waals surface area (Å²) >= 11 is 0. The summed E-state index contributed by atoms with van der Waals surface area (Å²) < 4.78 is 10.2. The largest absolute Gasteiger partial charge is 0.499 e. The van der Waals surface area contributed by atoms with Gasteiger partial charge in [0.05, 0.1) is 12.9 Å².